The fourth-order valence-corrected chi connectivity index (χ4v) is 3.31. The van der Waals surface area contributed by atoms with E-state index in [2.05, 4.69) is 50.9 Å². The third-order valence-corrected chi connectivity index (χ3v) is 4.58. The van der Waals surface area contributed by atoms with Gasteiger partial charge in [-0.2, -0.15) is 0 Å². The minimum Gasteiger partial charge on any atom is -0.356 e. The zero-order chi connectivity index (χ0) is 18.1. The largest absolute Gasteiger partial charge is 0.356 e. The van der Waals surface area contributed by atoms with Crippen molar-refractivity contribution in [3.05, 3.63) is 35.9 Å². The Bertz CT molecular complexity index is 548. The summed E-state index contributed by atoms with van der Waals surface area (Å²) in [6, 6.07) is 10.9. The molecular formula is C20H32N4O. The van der Waals surface area contributed by atoms with Crippen LogP contribution in [0.1, 0.15) is 38.7 Å². The lowest BCUT2D eigenvalue weighted by molar-refractivity contribution is -0.121. The van der Waals surface area contributed by atoms with E-state index in [1.54, 1.807) is 0 Å². The molecule has 1 aliphatic heterocycles. The molecule has 0 spiro atoms. The summed E-state index contributed by atoms with van der Waals surface area (Å²) < 4.78 is 0. The van der Waals surface area contributed by atoms with Crippen LogP contribution in [0, 0.1) is 5.92 Å². The molecule has 1 amide bonds. The van der Waals surface area contributed by atoms with Crippen molar-refractivity contribution in [3.8, 4) is 0 Å². The van der Waals surface area contributed by atoms with Gasteiger partial charge in [-0.3, -0.25) is 9.79 Å². The molecule has 1 heterocycles. The first-order valence-electron chi connectivity index (χ1n) is 9.37. The predicted molar refractivity (Wildman–Crippen MR) is 104 cm³/mol. The number of guanidine groups is 1. The maximum Gasteiger partial charge on any atom is 0.221 e. The molecule has 0 saturated carbocycles. The molecule has 2 rings (SSSR count). The maximum atomic E-state index is 11.7. The molecule has 0 bridgehead atoms. The fourth-order valence-electron chi connectivity index (χ4n) is 3.31. The first kappa shape index (κ1) is 19.3. The molecule has 2 N–H and O–H groups in total. The standard InChI is InChI=1S/C20H32N4O/c1-16(2)23-19(25)9-12-22-20(21-3)24-13-10-18(11-14-24)15-17-7-5-4-6-8-17/h4-8,16,18H,9-15H2,1-3H3,(H,21,22)(H,23,25). The SMILES string of the molecule is CN=C(NCCC(=O)NC(C)C)N1CCC(Cc2ccccc2)CC1. The summed E-state index contributed by atoms with van der Waals surface area (Å²) in [4.78, 5) is 18.4. The van der Waals surface area contributed by atoms with Crippen LogP contribution in [-0.4, -0.2) is 49.5 Å². The number of rotatable bonds is 6. The topological polar surface area (TPSA) is 56.7 Å². The molecule has 0 atom stereocenters. The Morgan fingerprint density at radius 3 is 2.52 bits per heavy atom. The van der Waals surface area contributed by atoms with Gasteiger partial charge in [-0.1, -0.05) is 30.3 Å². The van der Waals surface area contributed by atoms with Crippen LogP contribution in [-0.2, 0) is 11.2 Å². The normalized spacial score (nSPS) is 16.2. The van der Waals surface area contributed by atoms with Gasteiger partial charge < -0.3 is 15.5 Å². The number of piperidine rings is 1. The van der Waals surface area contributed by atoms with Crippen molar-refractivity contribution in [2.24, 2.45) is 10.9 Å². The van der Waals surface area contributed by atoms with Crippen LogP contribution in [0.15, 0.2) is 35.3 Å². The highest BCUT2D eigenvalue weighted by Crippen LogP contribution is 2.21. The molecular weight excluding hydrogens is 312 g/mol. The van der Waals surface area contributed by atoms with E-state index in [-0.39, 0.29) is 11.9 Å². The van der Waals surface area contributed by atoms with Crippen molar-refractivity contribution >= 4 is 11.9 Å². The van der Waals surface area contributed by atoms with Gasteiger partial charge in [-0.05, 0) is 44.6 Å². The van der Waals surface area contributed by atoms with Gasteiger partial charge in [0.2, 0.25) is 5.91 Å². The quantitative estimate of drug-likeness (QED) is 0.615. The average Bonchev–Trinajstić information content (AvgIpc) is 2.60. The average molecular weight is 345 g/mol. The van der Waals surface area contributed by atoms with Crippen LogP contribution in [0.25, 0.3) is 0 Å². The van der Waals surface area contributed by atoms with Crippen molar-refractivity contribution in [1.82, 2.24) is 15.5 Å². The van der Waals surface area contributed by atoms with Crippen molar-refractivity contribution in [1.29, 1.82) is 0 Å². The number of hydrogen-bond acceptors (Lipinski definition) is 2. The highest BCUT2D eigenvalue weighted by molar-refractivity contribution is 5.81. The zero-order valence-electron chi connectivity index (χ0n) is 15.8. The van der Waals surface area contributed by atoms with Gasteiger partial charge >= 0.3 is 0 Å². The third kappa shape index (κ3) is 6.77. The molecule has 0 radical (unpaired) electrons. The van der Waals surface area contributed by atoms with Crippen LogP contribution < -0.4 is 10.6 Å². The van der Waals surface area contributed by atoms with Crippen molar-refractivity contribution in [3.63, 3.8) is 0 Å². The maximum absolute atomic E-state index is 11.7. The van der Waals surface area contributed by atoms with E-state index >= 15 is 0 Å². The van der Waals surface area contributed by atoms with E-state index in [1.165, 1.54) is 18.4 Å². The second-order valence-corrected chi connectivity index (χ2v) is 7.07. The summed E-state index contributed by atoms with van der Waals surface area (Å²) in [5.41, 5.74) is 1.43. The number of carbonyl (C=O) groups excluding carboxylic acids is 1. The molecule has 25 heavy (non-hydrogen) atoms. The second-order valence-electron chi connectivity index (χ2n) is 7.07. The Hall–Kier alpha value is -2.04. The van der Waals surface area contributed by atoms with E-state index in [4.69, 9.17) is 0 Å². The Morgan fingerprint density at radius 2 is 1.92 bits per heavy atom. The number of nitrogens with one attached hydrogen (secondary N) is 2. The summed E-state index contributed by atoms with van der Waals surface area (Å²) in [6.45, 7) is 6.62. The van der Waals surface area contributed by atoms with Crippen LogP contribution in [0.5, 0.6) is 0 Å². The predicted octanol–water partition coefficient (Wildman–Crippen LogP) is 2.43. The summed E-state index contributed by atoms with van der Waals surface area (Å²) in [5, 5.41) is 6.23. The van der Waals surface area contributed by atoms with Gasteiger partial charge in [0, 0.05) is 39.1 Å². The van der Waals surface area contributed by atoms with Gasteiger partial charge in [0.1, 0.15) is 0 Å². The number of amides is 1. The second kappa shape index (κ2) is 10.1. The number of likely N-dealkylation sites (tertiary alicyclic amines) is 1. The lowest BCUT2D eigenvalue weighted by Crippen LogP contribution is -2.46. The van der Waals surface area contributed by atoms with Crippen LogP contribution in [0.4, 0.5) is 0 Å². The van der Waals surface area contributed by atoms with Crippen molar-refractivity contribution in [2.45, 2.75) is 45.6 Å². The minimum absolute atomic E-state index is 0.0829. The molecule has 1 fully saturated rings. The molecule has 1 saturated heterocycles. The van der Waals surface area contributed by atoms with Gasteiger partial charge in [0.15, 0.2) is 5.96 Å². The fraction of sp³-hybridized carbons (Fsp3) is 0.600. The number of nitrogens with zero attached hydrogens (tertiary/aromatic N) is 2. The van der Waals surface area contributed by atoms with E-state index in [1.807, 2.05) is 20.9 Å². The molecule has 0 unspecified atom stereocenters. The Labute approximate surface area is 151 Å². The summed E-state index contributed by atoms with van der Waals surface area (Å²) >= 11 is 0. The first-order valence-corrected chi connectivity index (χ1v) is 9.37. The van der Waals surface area contributed by atoms with E-state index in [9.17, 15) is 4.79 Å². The molecule has 5 heteroatoms. The number of carbonyl (C=O) groups is 1. The van der Waals surface area contributed by atoms with Crippen LogP contribution >= 0.6 is 0 Å². The van der Waals surface area contributed by atoms with E-state index in [0.29, 0.717) is 13.0 Å². The van der Waals surface area contributed by atoms with Gasteiger partial charge in [-0.15, -0.1) is 0 Å². The van der Waals surface area contributed by atoms with Gasteiger partial charge in [0.25, 0.3) is 0 Å². The molecule has 1 aliphatic rings. The molecule has 1 aromatic rings. The summed E-state index contributed by atoms with van der Waals surface area (Å²) in [7, 11) is 1.81. The molecule has 0 aromatic heterocycles. The lowest BCUT2D eigenvalue weighted by Gasteiger charge is -2.34. The van der Waals surface area contributed by atoms with Crippen molar-refractivity contribution < 1.29 is 4.79 Å². The third-order valence-electron chi connectivity index (χ3n) is 4.58. The van der Waals surface area contributed by atoms with Gasteiger partial charge in [0.05, 0.1) is 0 Å². The number of hydrogen-bond donors (Lipinski definition) is 2. The minimum atomic E-state index is 0.0829. The van der Waals surface area contributed by atoms with Gasteiger partial charge in [-0.25, -0.2) is 0 Å². The Kier molecular flexibility index (Phi) is 7.76. The zero-order valence-corrected chi connectivity index (χ0v) is 15.8. The summed E-state index contributed by atoms with van der Waals surface area (Å²) in [5.74, 6) is 1.74. The van der Waals surface area contributed by atoms with Crippen LogP contribution in [0.3, 0.4) is 0 Å². The monoisotopic (exact) mass is 344 g/mol. The molecule has 138 valence electrons. The van der Waals surface area contributed by atoms with E-state index < -0.39 is 0 Å². The number of aliphatic imine (C=N–C) groups is 1. The van der Waals surface area contributed by atoms with Crippen molar-refractivity contribution in [2.75, 3.05) is 26.7 Å². The smallest absolute Gasteiger partial charge is 0.221 e. The number of benzene rings is 1. The van der Waals surface area contributed by atoms with Crippen LogP contribution in [0.2, 0.25) is 0 Å². The Morgan fingerprint density at radius 1 is 1.24 bits per heavy atom. The molecule has 1 aromatic carbocycles. The molecule has 5 nitrogen and oxygen atoms in total. The Balaban J connectivity index is 1.71. The first-order chi connectivity index (χ1) is 12.1. The summed E-state index contributed by atoms with van der Waals surface area (Å²) in [6.07, 6.45) is 4.00. The van der Waals surface area contributed by atoms with E-state index in [0.717, 1.165) is 31.4 Å². The molecule has 0 aliphatic carbocycles. The highest BCUT2D eigenvalue weighted by atomic mass is 16.1. The lowest BCUT2D eigenvalue weighted by atomic mass is 9.90. The highest BCUT2D eigenvalue weighted by Gasteiger charge is 2.21.